The number of aryl methyl sites for hydroxylation is 1. The van der Waals surface area contributed by atoms with Crippen LogP contribution < -0.4 is 0 Å². The smallest absolute Gasteiger partial charge is 0.316 e. The predicted molar refractivity (Wildman–Crippen MR) is 88.5 cm³/mol. The van der Waals surface area contributed by atoms with E-state index in [-0.39, 0.29) is 23.6 Å². The third-order valence-corrected chi connectivity index (χ3v) is 3.68. The molecule has 0 N–H and O–H groups in total. The highest BCUT2D eigenvalue weighted by atomic mass is 35.5. The normalized spacial score (nSPS) is 11.0. The molecule has 0 radical (unpaired) electrons. The number of nitrogens with zero attached hydrogens (tertiary/aromatic N) is 4. The highest BCUT2D eigenvalue weighted by molar-refractivity contribution is 6.36. The lowest BCUT2D eigenvalue weighted by Gasteiger charge is -2.01. The summed E-state index contributed by atoms with van der Waals surface area (Å²) >= 11 is 11.7. The number of hydrogen-bond acceptors (Lipinski definition) is 6. The van der Waals surface area contributed by atoms with E-state index in [4.69, 9.17) is 28.0 Å². The van der Waals surface area contributed by atoms with Crippen LogP contribution in [0.4, 0.5) is 5.69 Å². The number of hydrogen-bond donors (Lipinski definition) is 0. The minimum atomic E-state index is -0.725. The monoisotopic (exact) mass is 370 g/mol. The topological polar surface area (TPSA) is 99.6 Å². The summed E-state index contributed by atoms with van der Waals surface area (Å²) in [4.78, 5) is 26.8. The van der Waals surface area contributed by atoms with E-state index in [2.05, 4.69) is 10.3 Å². The molecule has 0 bridgehead atoms. The summed E-state index contributed by atoms with van der Waals surface area (Å²) in [7, 11) is 0. The Bertz CT molecular complexity index is 832. The number of carbonyl (C=O) groups is 1. The molecule has 0 atom stereocenters. The maximum Gasteiger partial charge on any atom is 0.356 e. The first-order valence-electron chi connectivity index (χ1n) is 6.66. The molecular weight excluding hydrogens is 359 g/mol. The van der Waals surface area contributed by atoms with Crippen LogP contribution in [0.2, 0.25) is 10.0 Å². The van der Waals surface area contributed by atoms with Crippen LogP contribution in [0.5, 0.6) is 0 Å². The van der Waals surface area contributed by atoms with Crippen molar-refractivity contribution in [2.45, 2.75) is 20.4 Å². The fourth-order valence-electron chi connectivity index (χ4n) is 2.00. The van der Waals surface area contributed by atoms with Gasteiger partial charge in [-0.1, -0.05) is 34.4 Å². The average Bonchev–Trinajstić information content (AvgIpc) is 2.75. The summed E-state index contributed by atoms with van der Waals surface area (Å²) in [5.41, 5.74) is 0.885. The van der Waals surface area contributed by atoms with E-state index in [1.54, 1.807) is 12.1 Å². The van der Waals surface area contributed by atoms with Crippen molar-refractivity contribution >= 4 is 41.1 Å². The molecule has 0 saturated heterocycles. The highest BCUT2D eigenvalue weighted by Crippen LogP contribution is 2.22. The lowest BCUT2D eigenvalue weighted by molar-refractivity contribution is -0.386. The molecule has 0 saturated carbocycles. The number of nitro groups is 1. The first-order valence-corrected chi connectivity index (χ1v) is 7.42. The second-order valence-corrected chi connectivity index (χ2v) is 5.64. The van der Waals surface area contributed by atoms with E-state index < -0.39 is 10.9 Å². The number of benzene rings is 1. The summed E-state index contributed by atoms with van der Waals surface area (Å²) in [6.07, 6.45) is 1.26. The van der Waals surface area contributed by atoms with Gasteiger partial charge in [0.05, 0.1) is 16.2 Å². The molecule has 10 heteroatoms. The summed E-state index contributed by atoms with van der Waals surface area (Å²) in [5, 5.41) is 19.2. The van der Waals surface area contributed by atoms with Crippen LogP contribution in [-0.4, -0.2) is 26.9 Å². The highest BCUT2D eigenvalue weighted by Gasteiger charge is 2.23. The first-order chi connectivity index (χ1) is 11.3. The molecule has 2 rings (SSSR count). The fourth-order valence-corrected chi connectivity index (χ4v) is 2.46. The Morgan fingerprint density at radius 3 is 2.75 bits per heavy atom. The molecule has 0 aliphatic heterocycles. The zero-order chi connectivity index (χ0) is 17.9. The molecule has 0 fully saturated rings. The Hall–Kier alpha value is -2.45. The van der Waals surface area contributed by atoms with Crippen LogP contribution in [0.1, 0.15) is 17.0 Å². The van der Waals surface area contributed by atoms with Crippen molar-refractivity contribution in [3.8, 4) is 0 Å². The van der Waals surface area contributed by atoms with Gasteiger partial charge in [-0.25, -0.2) is 4.79 Å². The molecule has 8 nitrogen and oxygen atoms in total. The zero-order valence-electron chi connectivity index (χ0n) is 12.7. The second kappa shape index (κ2) is 7.41. The van der Waals surface area contributed by atoms with Gasteiger partial charge in [-0.3, -0.25) is 14.8 Å². The lowest BCUT2D eigenvalue weighted by Crippen LogP contribution is -2.14. The van der Waals surface area contributed by atoms with Crippen LogP contribution in [0.25, 0.3) is 0 Å². The van der Waals surface area contributed by atoms with E-state index in [0.29, 0.717) is 15.6 Å². The van der Waals surface area contributed by atoms with Gasteiger partial charge < -0.3 is 4.84 Å². The van der Waals surface area contributed by atoms with E-state index in [0.717, 1.165) is 0 Å². The summed E-state index contributed by atoms with van der Waals surface area (Å²) < 4.78 is 1.20. The number of carbonyl (C=O) groups excluding carboxylic acids is 1. The molecule has 0 aliphatic carbocycles. The largest absolute Gasteiger partial charge is 0.356 e. The Morgan fingerprint density at radius 1 is 1.46 bits per heavy atom. The Kier molecular flexibility index (Phi) is 5.53. The molecule has 1 aromatic carbocycles. The van der Waals surface area contributed by atoms with Crippen molar-refractivity contribution in [3.05, 3.63) is 55.3 Å². The van der Waals surface area contributed by atoms with Crippen molar-refractivity contribution in [1.82, 2.24) is 9.78 Å². The quantitative estimate of drug-likeness (QED) is 0.348. The van der Waals surface area contributed by atoms with Crippen molar-refractivity contribution in [3.63, 3.8) is 0 Å². The number of halogens is 2. The van der Waals surface area contributed by atoms with Crippen molar-refractivity contribution in [1.29, 1.82) is 0 Å². The van der Waals surface area contributed by atoms with Crippen LogP contribution in [0.3, 0.4) is 0 Å². The van der Waals surface area contributed by atoms with Crippen molar-refractivity contribution < 1.29 is 14.6 Å². The summed E-state index contributed by atoms with van der Waals surface area (Å²) in [6, 6.07) is 4.76. The summed E-state index contributed by atoms with van der Waals surface area (Å²) in [5.74, 6) is -0.725. The number of rotatable bonds is 5. The van der Waals surface area contributed by atoms with E-state index in [1.165, 1.54) is 30.8 Å². The van der Waals surface area contributed by atoms with Gasteiger partial charge in [0.15, 0.2) is 0 Å². The SMILES string of the molecule is Cc1nn(CC(=O)ON=Cc2ccc(Cl)cc2Cl)c(C)c1[N+](=O)[O-]. The van der Waals surface area contributed by atoms with E-state index in [9.17, 15) is 14.9 Å². The van der Waals surface area contributed by atoms with Gasteiger partial charge in [0.25, 0.3) is 0 Å². The molecule has 1 heterocycles. The Balaban J connectivity index is 2.02. The molecule has 0 spiro atoms. The molecule has 24 heavy (non-hydrogen) atoms. The van der Waals surface area contributed by atoms with E-state index in [1.807, 2.05) is 0 Å². The van der Waals surface area contributed by atoms with Crippen LogP contribution in [0.15, 0.2) is 23.4 Å². The van der Waals surface area contributed by atoms with Crippen molar-refractivity contribution in [2.24, 2.45) is 5.16 Å². The number of oxime groups is 1. The van der Waals surface area contributed by atoms with Crippen LogP contribution in [0, 0.1) is 24.0 Å². The maximum atomic E-state index is 11.8. The molecule has 1 aromatic heterocycles. The van der Waals surface area contributed by atoms with Crippen LogP contribution in [-0.2, 0) is 16.2 Å². The van der Waals surface area contributed by atoms with E-state index >= 15 is 0 Å². The average molecular weight is 371 g/mol. The zero-order valence-corrected chi connectivity index (χ0v) is 14.2. The molecule has 0 amide bonds. The minimum absolute atomic E-state index is 0.126. The predicted octanol–water partition coefficient (Wildman–Crippen LogP) is 3.29. The minimum Gasteiger partial charge on any atom is -0.316 e. The van der Waals surface area contributed by atoms with Gasteiger partial charge >= 0.3 is 11.7 Å². The molecular formula is C14H12Cl2N4O4. The lowest BCUT2D eigenvalue weighted by atomic mass is 10.2. The van der Waals surface area contributed by atoms with Gasteiger partial charge in [0.2, 0.25) is 0 Å². The maximum absolute atomic E-state index is 11.8. The molecule has 2 aromatic rings. The van der Waals surface area contributed by atoms with Gasteiger partial charge in [-0.05, 0) is 26.0 Å². The Labute approximate surface area is 146 Å². The summed E-state index contributed by atoms with van der Waals surface area (Å²) in [6.45, 7) is 2.70. The van der Waals surface area contributed by atoms with Gasteiger partial charge in [-0.2, -0.15) is 5.10 Å². The standard InChI is InChI=1S/C14H12Cl2N4O4/c1-8-14(20(22)23)9(2)19(18-8)7-13(21)24-17-6-10-3-4-11(15)5-12(10)16/h3-6H,7H2,1-2H3. The van der Waals surface area contributed by atoms with Gasteiger partial charge in [0.1, 0.15) is 17.9 Å². The first kappa shape index (κ1) is 17.9. The Morgan fingerprint density at radius 2 is 2.17 bits per heavy atom. The van der Waals surface area contributed by atoms with Crippen molar-refractivity contribution in [2.75, 3.05) is 0 Å². The molecule has 0 unspecified atom stereocenters. The third-order valence-electron chi connectivity index (χ3n) is 3.11. The van der Waals surface area contributed by atoms with Crippen LogP contribution >= 0.6 is 23.2 Å². The van der Waals surface area contributed by atoms with Gasteiger partial charge in [0, 0.05) is 10.6 Å². The van der Waals surface area contributed by atoms with Gasteiger partial charge in [-0.15, -0.1) is 0 Å². The molecule has 126 valence electrons. The third kappa shape index (κ3) is 4.09. The number of aromatic nitrogens is 2. The second-order valence-electron chi connectivity index (χ2n) is 4.80. The molecule has 0 aliphatic rings. The fraction of sp³-hybridized carbons (Fsp3) is 0.214.